The predicted molar refractivity (Wildman–Crippen MR) is 62.9 cm³/mol. The van der Waals surface area contributed by atoms with E-state index in [1.807, 2.05) is 19.9 Å². The fraction of sp³-hybridized carbons (Fsp3) is 0.667. The molecule has 0 aromatic heterocycles. The molecule has 0 aromatic rings. The Morgan fingerprint density at radius 2 is 1.76 bits per heavy atom. The molecule has 0 bridgehead atoms. The summed E-state index contributed by atoms with van der Waals surface area (Å²) in [6.45, 7) is 8.12. The Kier molecular flexibility index (Phi) is 5.71. The summed E-state index contributed by atoms with van der Waals surface area (Å²) in [7, 11) is 0. The summed E-state index contributed by atoms with van der Waals surface area (Å²) in [5.41, 5.74) is 0.397. The first-order valence-corrected chi connectivity index (χ1v) is 5.46. The fourth-order valence-electron chi connectivity index (χ4n) is 1.30. The molecular weight excluding hydrogens is 224 g/mol. The second kappa shape index (κ2) is 6.27. The fourth-order valence-corrected chi connectivity index (χ4v) is 1.30. The van der Waals surface area contributed by atoms with Crippen molar-refractivity contribution in [2.75, 3.05) is 0 Å². The lowest BCUT2D eigenvalue weighted by Gasteiger charge is -2.03. The summed E-state index contributed by atoms with van der Waals surface area (Å²) in [6.07, 6.45) is 2.84. The van der Waals surface area contributed by atoms with Crippen LogP contribution in [0.25, 0.3) is 0 Å². The number of carboxylic acid groups (broad SMARTS) is 2. The monoisotopic (exact) mass is 244 g/mol. The van der Waals surface area contributed by atoms with E-state index in [1.54, 1.807) is 6.08 Å². The van der Waals surface area contributed by atoms with Crippen LogP contribution in [0.2, 0.25) is 0 Å². The second-order valence-electron chi connectivity index (χ2n) is 4.93. The first-order chi connectivity index (χ1) is 7.65. The summed E-state index contributed by atoms with van der Waals surface area (Å²) < 4.78 is 4.97. The molecule has 98 valence electrons. The average molecular weight is 244 g/mol. The van der Waals surface area contributed by atoms with Gasteiger partial charge in [-0.1, -0.05) is 19.9 Å². The van der Waals surface area contributed by atoms with E-state index in [1.165, 1.54) is 6.42 Å². The number of rotatable bonds is 3. The molecule has 1 aliphatic rings. The largest absolute Gasteiger partial charge is 0.503 e. The van der Waals surface area contributed by atoms with Crippen LogP contribution in [0, 0.1) is 11.3 Å². The van der Waals surface area contributed by atoms with Crippen molar-refractivity contribution in [2.24, 2.45) is 11.3 Å². The Labute approximate surface area is 101 Å². The highest BCUT2D eigenvalue weighted by atomic mass is 16.6. The highest BCUT2D eigenvalue weighted by Crippen LogP contribution is 2.52. The first-order valence-electron chi connectivity index (χ1n) is 5.46. The third-order valence-electron chi connectivity index (χ3n) is 2.41. The molecule has 0 spiro atoms. The third-order valence-corrected chi connectivity index (χ3v) is 2.41. The van der Waals surface area contributed by atoms with Crippen LogP contribution in [0.5, 0.6) is 0 Å². The third kappa shape index (κ3) is 8.30. The van der Waals surface area contributed by atoms with E-state index in [2.05, 4.69) is 13.8 Å². The van der Waals surface area contributed by atoms with E-state index in [4.69, 9.17) is 19.7 Å². The SMILES string of the molecule is CC(C)OC(=O)C=CC1CC1(C)C.O=C(O)O. The van der Waals surface area contributed by atoms with Crippen molar-refractivity contribution >= 4 is 12.1 Å². The lowest BCUT2D eigenvalue weighted by Crippen LogP contribution is -2.08. The maximum atomic E-state index is 11.1. The van der Waals surface area contributed by atoms with Gasteiger partial charge in [0, 0.05) is 6.08 Å². The maximum absolute atomic E-state index is 11.1. The van der Waals surface area contributed by atoms with Crippen LogP contribution >= 0.6 is 0 Å². The molecule has 0 aliphatic heterocycles. The van der Waals surface area contributed by atoms with E-state index in [0.717, 1.165) is 0 Å². The molecule has 1 fully saturated rings. The zero-order valence-electron chi connectivity index (χ0n) is 10.6. The minimum Gasteiger partial charge on any atom is -0.460 e. The van der Waals surface area contributed by atoms with Crippen molar-refractivity contribution in [1.29, 1.82) is 0 Å². The van der Waals surface area contributed by atoms with Gasteiger partial charge in [0.25, 0.3) is 0 Å². The molecule has 0 heterocycles. The molecule has 0 amide bonds. The van der Waals surface area contributed by atoms with Crippen molar-refractivity contribution in [1.82, 2.24) is 0 Å². The number of hydrogen-bond donors (Lipinski definition) is 2. The highest BCUT2D eigenvalue weighted by molar-refractivity contribution is 5.82. The van der Waals surface area contributed by atoms with Crippen molar-refractivity contribution < 1.29 is 24.5 Å². The number of hydrogen-bond acceptors (Lipinski definition) is 3. The van der Waals surface area contributed by atoms with Crippen molar-refractivity contribution in [3.05, 3.63) is 12.2 Å². The second-order valence-corrected chi connectivity index (χ2v) is 4.93. The van der Waals surface area contributed by atoms with Crippen molar-refractivity contribution in [3.8, 4) is 0 Å². The van der Waals surface area contributed by atoms with Gasteiger partial charge >= 0.3 is 12.1 Å². The van der Waals surface area contributed by atoms with Crippen LogP contribution < -0.4 is 0 Å². The molecule has 0 radical (unpaired) electrons. The zero-order valence-corrected chi connectivity index (χ0v) is 10.6. The minimum absolute atomic E-state index is 0.0237. The molecule has 1 saturated carbocycles. The average Bonchev–Trinajstić information content (AvgIpc) is 2.68. The molecule has 17 heavy (non-hydrogen) atoms. The molecule has 1 aliphatic carbocycles. The zero-order chi connectivity index (χ0) is 13.6. The Hall–Kier alpha value is -1.52. The normalized spacial score (nSPS) is 20.6. The maximum Gasteiger partial charge on any atom is 0.503 e. The smallest absolute Gasteiger partial charge is 0.460 e. The molecule has 1 atom stereocenters. The van der Waals surface area contributed by atoms with Crippen LogP contribution in [0.3, 0.4) is 0 Å². The number of allylic oxidation sites excluding steroid dienone is 1. The topological polar surface area (TPSA) is 83.8 Å². The quantitative estimate of drug-likeness (QED) is 0.589. The van der Waals surface area contributed by atoms with Gasteiger partial charge in [-0.15, -0.1) is 0 Å². The number of carbonyl (C=O) groups is 2. The van der Waals surface area contributed by atoms with Gasteiger partial charge in [-0.2, -0.15) is 0 Å². The summed E-state index contributed by atoms with van der Waals surface area (Å²) in [5, 5.41) is 13.9. The van der Waals surface area contributed by atoms with Crippen LogP contribution in [0.4, 0.5) is 4.79 Å². The van der Waals surface area contributed by atoms with Gasteiger partial charge in [-0.05, 0) is 31.6 Å². The summed E-state index contributed by atoms with van der Waals surface area (Å²) in [4.78, 5) is 19.6. The Balaban J connectivity index is 0.000000557. The first kappa shape index (κ1) is 15.5. The minimum atomic E-state index is -1.83. The van der Waals surface area contributed by atoms with Crippen LogP contribution in [0.1, 0.15) is 34.1 Å². The van der Waals surface area contributed by atoms with Crippen LogP contribution in [-0.4, -0.2) is 28.4 Å². The lowest BCUT2D eigenvalue weighted by atomic mass is 10.1. The summed E-state index contributed by atoms with van der Waals surface area (Å²) in [5.74, 6) is 0.338. The number of ether oxygens (including phenoxy) is 1. The molecule has 0 aromatic carbocycles. The predicted octanol–water partition coefficient (Wildman–Crippen LogP) is 2.76. The molecule has 2 N–H and O–H groups in total. The van der Waals surface area contributed by atoms with E-state index in [0.29, 0.717) is 11.3 Å². The highest BCUT2D eigenvalue weighted by Gasteiger charge is 2.43. The molecule has 0 saturated heterocycles. The van der Waals surface area contributed by atoms with Gasteiger partial charge < -0.3 is 14.9 Å². The Morgan fingerprint density at radius 1 is 1.35 bits per heavy atom. The van der Waals surface area contributed by atoms with Gasteiger partial charge in [-0.3, -0.25) is 0 Å². The molecule has 5 nitrogen and oxygen atoms in total. The van der Waals surface area contributed by atoms with E-state index >= 15 is 0 Å². The standard InChI is InChI=1S/C11H18O2.CH2O3/c1-8(2)13-10(12)6-5-9-7-11(9,3)4;2-1(3)4/h5-6,8-9H,7H2,1-4H3;(H2,2,3,4). The van der Waals surface area contributed by atoms with Gasteiger partial charge in [-0.25, -0.2) is 9.59 Å². The van der Waals surface area contributed by atoms with Crippen molar-refractivity contribution in [2.45, 2.75) is 40.2 Å². The van der Waals surface area contributed by atoms with E-state index in [9.17, 15) is 4.79 Å². The molecule has 1 rings (SSSR count). The summed E-state index contributed by atoms with van der Waals surface area (Å²) in [6, 6.07) is 0. The van der Waals surface area contributed by atoms with Gasteiger partial charge in [0.05, 0.1) is 6.10 Å². The number of carbonyl (C=O) groups excluding carboxylic acids is 1. The van der Waals surface area contributed by atoms with Crippen molar-refractivity contribution in [3.63, 3.8) is 0 Å². The molecular formula is C12H20O5. The molecule has 1 unspecified atom stereocenters. The Bertz CT molecular complexity index is 300. The Morgan fingerprint density at radius 3 is 2.06 bits per heavy atom. The van der Waals surface area contributed by atoms with Crippen LogP contribution in [-0.2, 0) is 9.53 Å². The molecule has 5 heteroatoms. The number of esters is 1. The van der Waals surface area contributed by atoms with E-state index in [-0.39, 0.29) is 12.1 Å². The van der Waals surface area contributed by atoms with Gasteiger partial charge in [0.1, 0.15) is 0 Å². The van der Waals surface area contributed by atoms with Gasteiger partial charge in [0.2, 0.25) is 0 Å². The van der Waals surface area contributed by atoms with Crippen LogP contribution in [0.15, 0.2) is 12.2 Å². The lowest BCUT2D eigenvalue weighted by molar-refractivity contribution is -0.141. The van der Waals surface area contributed by atoms with Gasteiger partial charge in [0.15, 0.2) is 0 Å². The summed E-state index contributed by atoms with van der Waals surface area (Å²) >= 11 is 0. The van der Waals surface area contributed by atoms with E-state index < -0.39 is 6.16 Å².